The highest BCUT2D eigenvalue weighted by atomic mass is 28.4. The Labute approximate surface area is 182 Å². The van der Waals surface area contributed by atoms with Crippen LogP contribution in [0.1, 0.15) is 32.1 Å². The molecule has 0 saturated heterocycles. The molecule has 2 unspecified atom stereocenters. The highest BCUT2D eigenvalue weighted by Gasteiger charge is 2.28. The van der Waals surface area contributed by atoms with E-state index in [0.717, 1.165) is 31.3 Å². The van der Waals surface area contributed by atoms with E-state index in [9.17, 15) is 4.79 Å². The zero-order chi connectivity index (χ0) is 22.3. The van der Waals surface area contributed by atoms with Crippen LogP contribution < -0.4 is 0 Å². The summed E-state index contributed by atoms with van der Waals surface area (Å²) in [4.78, 5) is 12.2. The first kappa shape index (κ1) is 26.7. The molecule has 4 nitrogen and oxygen atoms in total. The molecule has 2 atom stereocenters. The molecular weight excluding hydrogens is 412 g/mol. The van der Waals surface area contributed by atoms with Crippen LogP contribution in [0.5, 0.6) is 0 Å². The topological polar surface area (TPSA) is 44.8 Å². The molecule has 0 fully saturated rings. The Hall–Kier alpha value is -0.319. The summed E-state index contributed by atoms with van der Waals surface area (Å²) < 4.78 is 18.5. The van der Waals surface area contributed by atoms with E-state index in [1.54, 1.807) is 0 Å². The predicted octanol–water partition coefficient (Wildman–Crippen LogP) is 6.29. The molecule has 0 aromatic heterocycles. The highest BCUT2D eigenvalue weighted by Crippen LogP contribution is 2.24. The SMILES string of the molecule is C[Si](C)(C)OCC(CCC/C=C\CC1=CC(O[Si](C)(C)C)CC1=O)O[Si](C)(C)C. The van der Waals surface area contributed by atoms with Gasteiger partial charge in [-0.05, 0) is 96.3 Å². The summed E-state index contributed by atoms with van der Waals surface area (Å²) in [5.74, 6) is 0.241. The fraction of sp³-hybridized carbons (Fsp3) is 0.773. The normalized spacial score (nSPS) is 19.8. The van der Waals surface area contributed by atoms with Crippen LogP contribution in [0.2, 0.25) is 58.9 Å². The lowest BCUT2D eigenvalue weighted by molar-refractivity contribution is -0.115. The Morgan fingerprint density at radius 3 is 2.21 bits per heavy atom. The van der Waals surface area contributed by atoms with Gasteiger partial charge in [-0.1, -0.05) is 12.2 Å². The molecule has 0 aromatic rings. The fourth-order valence-corrected chi connectivity index (χ4v) is 6.14. The molecule has 29 heavy (non-hydrogen) atoms. The Balaban J connectivity index is 2.41. The van der Waals surface area contributed by atoms with Crippen molar-refractivity contribution in [2.45, 2.75) is 103 Å². The second-order valence-corrected chi connectivity index (χ2v) is 24.4. The first-order valence-electron chi connectivity index (χ1n) is 11.0. The number of allylic oxidation sites excluding steroid dienone is 3. The molecule has 0 spiro atoms. The van der Waals surface area contributed by atoms with Crippen LogP contribution in [0, 0.1) is 0 Å². The molecule has 168 valence electrons. The molecule has 0 amide bonds. The quantitative estimate of drug-likeness (QED) is 0.185. The summed E-state index contributed by atoms with van der Waals surface area (Å²) in [7, 11) is -4.71. The second kappa shape index (κ2) is 11.3. The van der Waals surface area contributed by atoms with Gasteiger partial charge in [0.2, 0.25) is 0 Å². The van der Waals surface area contributed by atoms with E-state index >= 15 is 0 Å². The van der Waals surface area contributed by atoms with Gasteiger partial charge >= 0.3 is 0 Å². The maximum atomic E-state index is 12.2. The lowest BCUT2D eigenvalue weighted by atomic mass is 10.1. The van der Waals surface area contributed by atoms with E-state index in [1.807, 2.05) is 6.08 Å². The average molecular weight is 457 g/mol. The molecule has 0 radical (unpaired) electrons. The molecule has 0 heterocycles. The Kier molecular flexibility index (Phi) is 10.4. The smallest absolute Gasteiger partial charge is 0.184 e. The lowest BCUT2D eigenvalue weighted by Gasteiger charge is -2.29. The summed E-state index contributed by atoms with van der Waals surface area (Å²) in [5, 5.41) is 0. The van der Waals surface area contributed by atoms with E-state index in [2.05, 4.69) is 71.1 Å². The van der Waals surface area contributed by atoms with Crippen LogP contribution in [0.4, 0.5) is 0 Å². The summed E-state index contributed by atoms with van der Waals surface area (Å²) in [6.45, 7) is 20.6. The lowest BCUT2D eigenvalue weighted by Crippen LogP contribution is -2.38. The Morgan fingerprint density at radius 1 is 1.00 bits per heavy atom. The van der Waals surface area contributed by atoms with Crippen LogP contribution in [0.3, 0.4) is 0 Å². The summed E-state index contributed by atoms with van der Waals surface area (Å²) in [6, 6.07) is 0. The zero-order valence-electron chi connectivity index (χ0n) is 20.3. The third kappa shape index (κ3) is 13.6. The second-order valence-electron chi connectivity index (χ2n) is 11.0. The number of carbonyl (C=O) groups is 1. The third-order valence-corrected chi connectivity index (χ3v) is 7.34. The van der Waals surface area contributed by atoms with Crippen molar-refractivity contribution in [1.82, 2.24) is 0 Å². The van der Waals surface area contributed by atoms with Crippen molar-refractivity contribution in [3.05, 3.63) is 23.8 Å². The van der Waals surface area contributed by atoms with Crippen molar-refractivity contribution in [3.8, 4) is 0 Å². The minimum atomic E-state index is -1.61. The molecule has 0 bridgehead atoms. The molecule has 0 N–H and O–H groups in total. The number of rotatable bonds is 13. The van der Waals surface area contributed by atoms with E-state index in [4.69, 9.17) is 13.3 Å². The molecule has 1 rings (SSSR count). The maximum Gasteiger partial charge on any atom is 0.184 e. The van der Waals surface area contributed by atoms with Crippen molar-refractivity contribution < 1.29 is 18.1 Å². The van der Waals surface area contributed by atoms with Gasteiger partial charge < -0.3 is 13.3 Å². The van der Waals surface area contributed by atoms with Crippen LogP contribution in [0.25, 0.3) is 0 Å². The summed E-state index contributed by atoms with van der Waals surface area (Å²) >= 11 is 0. The largest absolute Gasteiger partial charge is 0.415 e. The van der Waals surface area contributed by atoms with E-state index < -0.39 is 25.0 Å². The molecule has 0 aromatic carbocycles. The molecule has 7 heteroatoms. The number of hydrogen-bond donors (Lipinski definition) is 0. The molecule has 0 aliphatic heterocycles. The van der Waals surface area contributed by atoms with Gasteiger partial charge in [0.1, 0.15) is 0 Å². The third-order valence-electron chi connectivity index (χ3n) is 4.26. The molecule has 1 aliphatic rings. The fourth-order valence-electron chi connectivity index (χ4n) is 3.21. The summed E-state index contributed by atoms with van der Waals surface area (Å²) in [5.41, 5.74) is 0.910. The Bertz CT molecular complexity index is 580. The number of unbranched alkanes of at least 4 members (excludes halogenated alkanes) is 1. The van der Waals surface area contributed by atoms with E-state index in [1.165, 1.54) is 0 Å². The van der Waals surface area contributed by atoms with Gasteiger partial charge in [-0.15, -0.1) is 0 Å². The molecular formula is C22H44O4Si3. The zero-order valence-corrected chi connectivity index (χ0v) is 23.3. The monoisotopic (exact) mass is 456 g/mol. The predicted molar refractivity (Wildman–Crippen MR) is 131 cm³/mol. The Morgan fingerprint density at radius 2 is 1.66 bits per heavy atom. The van der Waals surface area contributed by atoms with Gasteiger partial charge in [0.15, 0.2) is 30.7 Å². The summed E-state index contributed by atoms with van der Waals surface area (Å²) in [6.07, 6.45) is 10.9. The first-order valence-corrected chi connectivity index (χ1v) is 21.3. The molecule has 0 saturated carbocycles. The number of hydrogen-bond acceptors (Lipinski definition) is 4. The van der Waals surface area contributed by atoms with Gasteiger partial charge in [0, 0.05) is 6.42 Å². The van der Waals surface area contributed by atoms with Gasteiger partial charge in [-0.3, -0.25) is 4.79 Å². The number of ketones is 1. The van der Waals surface area contributed by atoms with E-state index in [0.29, 0.717) is 13.0 Å². The first-order chi connectivity index (χ1) is 13.1. The van der Waals surface area contributed by atoms with Gasteiger partial charge in [0.25, 0.3) is 0 Å². The van der Waals surface area contributed by atoms with Crippen LogP contribution in [-0.2, 0) is 18.1 Å². The van der Waals surface area contributed by atoms with E-state index in [-0.39, 0.29) is 18.0 Å². The minimum Gasteiger partial charge on any atom is -0.415 e. The average Bonchev–Trinajstić information content (AvgIpc) is 2.83. The minimum absolute atomic E-state index is 0.0107. The van der Waals surface area contributed by atoms with Crippen molar-refractivity contribution >= 4 is 30.7 Å². The van der Waals surface area contributed by atoms with Gasteiger partial charge in [-0.25, -0.2) is 0 Å². The number of Topliss-reactive ketones (excluding diaryl/α,β-unsaturated/α-hetero) is 1. The number of carbonyl (C=O) groups excluding carboxylic acids is 1. The van der Waals surface area contributed by atoms with Crippen LogP contribution >= 0.6 is 0 Å². The van der Waals surface area contributed by atoms with Crippen molar-refractivity contribution in [2.24, 2.45) is 0 Å². The van der Waals surface area contributed by atoms with Crippen molar-refractivity contribution in [3.63, 3.8) is 0 Å². The standard InChI is InChI=1S/C22H44O4Si3/c1-27(2,3)24-18-20(25-28(4,5)6)15-13-11-10-12-14-19-16-21(17-22(19)23)26-29(7,8)9/h10,12,16,20-21H,11,13-15,17-18H2,1-9H3/b12-10-. The van der Waals surface area contributed by atoms with Crippen LogP contribution in [-0.4, -0.2) is 49.6 Å². The maximum absolute atomic E-state index is 12.2. The van der Waals surface area contributed by atoms with Gasteiger partial charge in [0.05, 0.1) is 18.8 Å². The van der Waals surface area contributed by atoms with Crippen LogP contribution in [0.15, 0.2) is 23.8 Å². The van der Waals surface area contributed by atoms with Gasteiger partial charge in [-0.2, -0.15) is 0 Å². The molecule has 1 aliphatic carbocycles. The van der Waals surface area contributed by atoms with Crippen molar-refractivity contribution in [2.75, 3.05) is 6.61 Å². The highest BCUT2D eigenvalue weighted by molar-refractivity contribution is 6.70. The van der Waals surface area contributed by atoms with Crippen molar-refractivity contribution in [1.29, 1.82) is 0 Å².